The van der Waals surface area contributed by atoms with E-state index in [4.69, 9.17) is 0 Å². The van der Waals surface area contributed by atoms with Gasteiger partial charge in [0.25, 0.3) is 0 Å². The van der Waals surface area contributed by atoms with Crippen molar-refractivity contribution in [2.24, 2.45) is 0 Å². The quantitative estimate of drug-likeness (QED) is 0.456. The van der Waals surface area contributed by atoms with Crippen LogP contribution in [0.2, 0.25) is 0 Å². The van der Waals surface area contributed by atoms with E-state index in [1.807, 2.05) is 33.2 Å². The van der Waals surface area contributed by atoms with Gasteiger partial charge < -0.3 is 4.90 Å². The van der Waals surface area contributed by atoms with Crippen molar-refractivity contribution in [2.75, 3.05) is 37.8 Å². The average molecular weight is 460 g/mol. The Morgan fingerprint density at radius 2 is 1.77 bits per heavy atom. The monoisotopic (exact) mass is 459 g/mol. The molecule has 0 spiro atoms. The number of benzene rings is 2. The van der Waals surface area contributed by atoms with E-state index in [1.165, 1.54) is 11.3 Å². The highest BCUT2D eigenvalue weighted by Gasteiger charge is 2.21. The first kappa shape index (κ1) is 23.4. The minimum atomic E-state index is -3.39. The van der Waals surface area contributed by atoms with Crippen LogP contribution in [0.25, 0.3) is 10.2 Å². The molecular weight excluding hydrogens is 430 g/mol. The fourth-order valence-corrected chi connectivity index (χ4v) is 5.74. The molecule has 0 fully saturated rings. The van der Waals surface area contributed by atoms with E-state index < -0.39 is 9.84 Å². The maximum Gasteiger partial charge on any atom is 0.228 e. The summed E-state index contributed by atoms with van der Waals surface area (Å²) in [5.41, 5.74) is 2.03. The highest BCUT2D eigenvalue weighted by atomic mass is 32.2. The summed E-state index contributed by atoms with van der Waals surface area (Å²) in [5, 5.41) is 0.676. The number of aromatic nitrogens is 1. The van der Waals surface area contributed by atoms with Crippen molar-refractivity contribution < 1.29 is 13.2 Å². The first-order valence-electron chi connectivity index (χ1n) is 10.4. The Hall–Kier alpha value is -2.29. The number of hydrogen-bond acceptors (Lipinski definition) is 6. The third-order valence-corrected chi connectivity index (χ3v) is 7.82. The van der Waals surface area contributed by atoms with Gasteiger partial charge in [0.15, 0.2) is 15.0 Å². The smallest absolute Gasteiger partial charge is 0.228 e. The molecule has 0 bridgehead atoms. The summed E-state index contributed by atoms with van der Waals surface area (Å²) in [5.74, 6) is -0.134. The molecular formula is C23H29N3O3S2. The van der Waals surface area contributed by atoms with Crippen LogP contribution in [0.5, 0.6) is 0 Å². The molecule has 0 aliphatic rings. The number of thiazole rings is 1. The second-order valence-corrected chi connectivity index (χ2v) is 11.0. The fourth-order valence-electron chi connectivity index (χ4n) is 3.30. The number of sulfone groups is 1. The number of rotatable bonds is 10. The molecule has 1 amide bonds. The van der Waals surface area contributed by atoms with Crippen LogP contribution >= 0.6 is 11.3 Å². The predicted octanol–water partition coefficient (Wildman–Crippen LogP) is 4.14. The summed E-state index contributed by atoms with van der Waals surface area (Å²) in [4.78, 5) is 21.8. The molecule has 0 unspecified atom stereocenters. The molecule has 1 aromatic heterocycles. The van der Waals surface area contributed by atoms with Gasteiger partial charge >= 0.3 is 0 Å². The highest BCUT2D eigenvalue weighted by molar-refractivity contribution is 7.91. The largest absolute Gasteiger partial charge is 0.309 e. The van der Waals surface area contributed by atoms with Crippen LogP contribution < -0.4 is 4.90 Å². The van der Waals surface area contributed by atoms with Gasteiger partial charge in [0, 0.05) is 13.0 Å². The molecule has 31 heavy (non-hydrogen) atoms. The molecule has 0 aliphatic carbocycles. The van der Waals surface area contributed by atoms with Gasteiger partial charge in [0.1, 0.15) is 0 Å². The van der Waals surface area contributed by atoms with Gasteiger partial charge in [0.05, 0.1) is 20.9 Å². The van der Waals surface area contributed by atoms with Crippen molar-refractivity contribution >= 4 is 42.4 Å². The Bertz CT molecular complexity index is 1130. The van der Waals surface area contributed by atoms with Crippen LogP contribution in [0.15, 0.2) is 53.4 Å². The van der Waals surface area contributed by atoms with Crippen LogP contribution in [0.3, 0.4) is 0 Å². The molecule has 0 aliphatic heterocycles. The second-order valence-electron chi connectivity index (χ2n) is 7.91. The molecule has 1 heterocycles. The van der Waals surface area contributed by atoms with Crippen LogP contribution in [-0.2, 0) is 14.6 Å². The summed E-state index contributed by atoms with van der Waals surface area (Å²) in [7, 11) is 0.612. The fraction of sp³-hybridized carbons (Fsp3) is 0.391. The van der Waals surface area contributed by atoms with Crippen molar-refractivity contribution in [3.05, 3.63) is 54.1 Å². The molecule has 6 nitrogen and oxygen atoms in total. The van der Waals surface area contributed by atoms with Crippen LogP contribution in [0.4, 0.5) is 5.13 Å². The molecule has 0 radical (unpaired) electrons. The topological polar surface area (TPSA) is 70.6 Å². The lowest BCUT2D eigenvalue weighted by atomic mass is 10.2. The highest BCUT2D eigenvalue weighted by Crippen LogP contribution is 2.30. The van der Waals surface area contributed by atoms with Crippen molar-refractivity contribution in [2.45, 2.75) is 31.1 Å². The predicted molar refractivity (Wildman–Crippen MR) is 128 cm³/mol. The Morgan fingerprint density at radius 3 is 2.48 bits per heavy atom. The molecule has 2 aromatic carbocycles. The molecule has 0 saturated heterocycles. The van der Waals surface area contributed by atoms with Gasteiger partial charge in [-0.15, -0.1) is 0 Å². The number of amides is 1. The normalized spacial score (nSPS) is 11.9. The second kappa shape index (κ2) is 10.3. The lowest BCUT2D eigenvalue weighted by Crippen LogP contribution is -2.33. The summed E-state index contributed by atoms with van der Waals surface area (Å²) < 4.78 is 26.1. The van der Waals surface area contributed by atoms with Gasteiger partial charge in [-0.2, -0.15) is 0 Å². The molecule has 0 N–H and O–H groups in total. The van der Waals surface area contributed by atoms with Crippen LogP contribution in [0, 0.1) is 6.92 Å². The minimum absolute atomic E-state index is 0.0483. The molecule has 3 aromatic rings. The summed E-state index contributed by atoms with van der Waals surface area (Å²) in [6.45, 7) is 3.45. The number of fused-ring (bicyclic) bond motifs is 1. The van der Waals surface area contributed by atoms with E-state index in [1.54, 1.807) is 35.2 Å². The Balaban J connectivity index is 1.71. The Kier molecular flexibility index (Phi) is 7.80. The van der Waals surface area contributed by atoms with E-state index in [0.29, 0.717) is 16.6 Å². The SMILES string of the molecule is Cc1ccc2nc(N(CCCN(C)C)C(=O)CCCS(=O)(=O)c3ccccc3)sc2c1. The van der Waals surface area contributed by atoms with Crippen molar-refractivity contribution in [1.29, 1.82) is 0 Å². The maximum atomic E-state index is 13.1. The maximum absolute atomic E-state index is 13.1. The van der Waals surface area contributed by atoms with E-state index in [-0.39, 0.29) is 24.5 Å². The standard InChI is InChI=1S/C23H29N3O3S2/c1-18-12-13-20-21(17-18)30-23(24-20)26(15-8-14-25(2)3)22(27)11-7-16-31(28,29)19-9-5-4-6-10-19/h4-6,9-10,12-13,17H,7-8,11,14-16H2,1-3H3. The molecule has 3 rings (SSSR count). The zero-order chi connectivity index (χ0) is 22.4. The summed E-state index contributed by atoms with van der Waals surface area (Å²) >= 11 is 1.50. The summed E-state index contributed by atoms with van der Waals surface area (Å²) in [6, 6.07) is 14.4. The number of carbonyl (C=O) groups is 1. The lowest BCUT2D eigenvalue weighted by Gasteiger charge is -2.21. The van der Waals surface area contributed by atoms with Gasteiger partial charge in [-0.05, 0) is 70.2 Å². The first-order valence-corrected chi connectivity index (χ1v) is 12.8. The summed E-state index contributed by atoms with van der Waals surface area (Å²) in [6.07, 6.45) is 1.27. The number of aryl methyl sites for hydroxylation is 1. The number of nitrogens with zero attached hydrogens (tertiary/aromatic N) is 3. The zero-order valence-corrected chi connectivity index (χ0v) is 19.9. The Labute approximate surface area is 188 Å². The number of carbonyl (C=O) groups excluding carboxylic acids is 1. The van der Waals surface area contributed by atoms with Crippen molar-refractivity contribution in [3.63, 3.8) is 0 Å². The van der Waals surface area contributed by atoms with E-state index in [2.05, 4.69) is 16.0 Å². The third kappa shape index (κ3) is 6.35. The van der Waals surface area contributed by atoms with Crippen LogP contribution in [0.1, 0.15) is 24.8 Å². The number of hydrogen-bond donors (Lipinski definition) is 0. The molecule has 0 atom stereocenters. The van der Waals surface area contributed by atoms with E-state index >= 15 is 0 Å². The lowest BCUT2D eigenvalue weighted by molar-refractivity contribution is -0.118. The zero-order valence-electron chi connectivity index (χ0n) is 18.2. The van der Waals surface area contributed by atoms with Gasteiger partial charge in [-0.25, -0.2) is 13.4 Å². The van der Waals surface area contributed by atoms with E-state index in [9.17, 15) is 13.2 Å². The van der Waals surface area contributed by atoms with Gasteiger partial charge in [-0.1, -0.05) is 35.6 Å². The number of anilines is 1. The molecule has 0 saturated carbocycles. The molecule has 8 heteroatoms. The van der Waals surface area contributed by atoms with Crippen molar-refractivity contribution in [1.82, 2.24) is 9.88 Å². The van der Waals surface area contributed by atoms with Crippen molar-refractivity contribution in [3.8, 4) is 0 Å². The first-order chi connectivity index (χ1) is 14.8. The minimum Gasteiger partial charge on any atom is -0.309 e. The Morgan fingerprint density at radius 1 is 1.03 bits per heavy atom. The third-order valence-electron chi connectivity index (χ3n) is 4.96. The van der Waals surface area contributed by atoms with Gasteiger partial charge in [0.2, 0.25) is 5.91 Å². The van der Waals surface area contributed by atoms with Crippen LogP contribution in [-0.4, -0.2) is 57.1 Å². The average Bonchev–Trinajstić information content (AvgIpc) is 3.14. The van der Waals surface area contributed by atoms with Gasteiger partial charge in [-0.3, -0.25) is 9.69 Å². The molecule has 166 valence electrons. The van der Waals surface area contributed by atoms with E-state index in [0.717, 1.165) is 28.7 Å².